The van der Waals surface area contributed by atoms with Crippen molar-refractivity contribution in [3.05, 3.63) is 102 Å². The van der Waals surface area contributed by atoms with Gasteiger partial charge in [0.25, 0.3) is 0 Å². The third kappa shape index (κ3) is 3.71. The molecule has 3 heteroatoms. The zero-order chi connectivity index (χ0) is 15.9. The summed E-state index contributed by atoms with van der Waals surface area (Å²) in [6.07, 6.45) is 1.45. The number of para-hydroxylation sites is 2. The Morgan fingerprint density at radius 1 is 0.696 bits per heavy atom. The second-order valence-corrected chi connectivity index (χ2v) is 4.88. The summed E-state index contributed by atoms with van der Waals surface area (Å²) in [6, 6.07) is 26.3. The van der Waals surface area contributed by atoms with Crippen molar-refractivity contribution in [2.75, 3.05) is 0 Å². The molecule has 0 aliphatic rings. The van der Waals surface area contributed by atoms with Crippen LogP contribution in [0.2, 0.25) is 0 Å². The van der Waals surface area contributed by atoms with Gasteiger partial charge in [0.1, 0.15) is 5.52 Å². The highest BCUT2D eigenvalue weighted by Crippen LogP contribution is 2.09. The summed E-state index contributed by atoms with van der Waals surface area (Å²) in [6.45, 7) is 0. The van der Waals surface area contributed by atoms with Gasteiger partial charge in [-0.15, -0.1) is 0 Å². The van der Waals surface area contributed by atoms with E-state index in [0.717, 1.165) is 22.2 Å². The summed E-state index contributed by atoms with van der Waals surface area (Å²) < 4.78 is 5.01. The smallest absolute Gasteiger partial charge is 0.193 e. The molecule has 0 aliphatic carbocycles. The van der Waals surface area contributed by atoms with Crippen LogP contribution in [0, 0.1) is 0 Å². The SMILES string of the molecule is O=C(c1ccccc1)c1ccccc1.c1ccc2ocnc2c1. The highest BCUT2D eigenvalue weighted by molar-refractivity contribution is 6.08. The van der Waals surface area contributed by atoms with Crippen LogP contribution >= 0.6 is 0 Å². The lowest BCUT2D eigenvalue weighted by atomic mass is 10.0. The predicted molar refractivity (Wildman–Crippen MR) is 90.3 cm³/mol. The second kappa shape index (κ2) is 7.18. The Morgan fingerprint density at radius 2 is 1.22 bits per heavy atom. The zero-order valence-corrected chi connectivity index (χ0v) is 12.4. The van der Waals surface area contributed by atoms with Crippen molar-refractivity contribution in [2.45, 2.75) is 0 Å². The van der Waals surface area contributed by atoms with Crippen LogP contribution in [-0.2, 0) is 0 Å². The Labute approximate surface area is 134 Å². The fourth-order valence-corrected chi connectivity index (χ4v) is 2.15. The summed E-state index contributed by atoms with van der Waals surface area (Å²) >= 11 is 0. The van der Waals surface area contributed by atoms with Gasteiger partial charge in [-0.2, -0.15) is 0 Å². The molecule has 0 N–H and O–H groups in total. The largest absolute Gasteiger partial charge is 0.443 e. The lowest BCUT2D eigenvalue weighted by molar-refractivity contribution is 0.103. The van der Waals surface area contributed by atoms with Crippen molar-refractivity contribution in [1.29, 1.82) is 0 Å². The fraction of sp³-hybridized carbons (Fsp3) is 0. The minimum atomic E-state index is 0.0752. The number of carbonyl (C=O) groups is 1. The minimum absolute atomic E-state index is 0.0752. The van der Waals surface area contributed by atoms with Crippen molar-refractivity contribution < 1.29 is 9.21 Å². The minimum Gasteiger partial charge on any atom is -0.443 e. The van der Waals surface area contributed by atoms with E-state index in [4.69, 9.17) is 4.42 Å². The first kappa shape index (κ1) is 14.7. The van der Waals surface area contributed by atoms with E-state index in [0.29, 0.717) is 0 Å². The molecule has 4 aromatic rings. The van der Waals surface area contributed by atoms with Crippen LogP contribution < -0.4 is 0 Å². The van der Waals surface area contributed by atoms with Gasteiger partial charge in [0.05, 0.1) is 0 Å². The number of oxazole rings is 1. The van der Waals surface area contributed by atoms with Crippen molar-refractivity contribution in [1.82, 2.24) is 4.98 Å². The van der Waals surface area contributed by atoms with E-state index >= 15 is 0 Å². The molecule has 23 heavy (non-hydrogen) atoms. The topological polar surface area (TPSA) is 43.1 Å². The molecule has 1 heterocycles. The number of aromatic nitrogens is 1. The Kier molecular flexibility index (Phi) is 4.60. The first-order valence-corrected chi connectivity index (χ1v) is 7.27. The Hall–Kier alpha value is -3.20. The number of benzene rings is 3. The standard InChI is InChI=1S/C13H10O.C7H5NO/c14-13(11-7-3-1-4-8-11)12-9-5-2-6-10-12;1-2-4-7-6(3-1)8-5-9-7/h1-10H;1-5H. The van der Waals surface area contributed by atoms with E-state index in [-0.39, 0.29) is 5.78 Å². The number of hydrogen-bond donors (Lipinski definition) is 0. The van der Waals surface area contributed by atoms with Crippen molar-refractivity contribution in [2.24, 2.45) is 0 Å². The van der Waals surface area contributed by atoms with Gasteiger partial charge in [-0.05, 0) is 12.1 Å². The van der Waals surface area contributed by atoms with Gasteiger partial charge in [-0.1, -0.05) is 72.8 Å². The fourth-order valence-electron chi connectivity index (χ4n) is 2.15. The van der Waals surface area contributed by atoms with E-state index < -0.39 is 0 Å². The Balaban J connectivity index is 0.000000149. The number of rotatable bonds is 2. The maximum Gasteiger partial charge on any atom is 0.193 e. The van der Waals surface area contributed by atoms with Gasteiger partial charge in [-0.25, -0.2) is 4.98 Å². The molecule has 0 aliphatic heterocycles. The van der Waals surface area contributed by atoms with E-state index in [1.165, 1.54) is 6.39 Å². The van der Waals surface area contributed by atoms with Crippen LogP contribution in [0.3, 0.4) is 0 Å². The van der Waals surface area contributed by atoms with E-state index in [1.54, 1.807) is 0 Å². The number of hydrogen-bond acceptors (Lipinski definition) is 3. The molecule has 0 saturated heterocycles. The van der Waals surface area contributed by atoms with Crippen molar-refractivity contribution in [3.63, 3.8) is 0 Å². The molecule has 1 aromatic heterocycles. The zero-order valence-electron chi connectivity index (χ0n) is 12.4. The third-order valence-electron chi connectivity index (χ3n) is 3.31. The number of carbonyl (C=O) groups excluding carboxylic acids is 1. The maximum absolute atomic E-state index is 11.8. The average Bonchev–Trinajstić information content (AvgIpc) is 3.12. The number of fused-ring (bicyclic) bond motifs is 1. The quantitative estimate of drug-likeness (QED) is 0.502. The summed E-state index contributed by atoms with van der Waals surface area (Å²) in [5.74, 6) is 0.0752. The molecule has 0 bridgehead atoms. The first-order valence-electron chi connectivity index (χ1n) is 7.27. The van der Waals surface area contributed by atoms with Crippen LogP contribution in [0.15, 0.2) is 95.7 Å². The lowest BCUT2D eigenvalue weighted by Gasteiger charge is -1.99. The van der Waals surface area contributed by atoms with Gasteiger partial charge in [-0.3, -0.25) is 4.79 Å². The van der Waals surface area contributed by atoms with Crippen LogP contribution in [0.25, 0.3) is 11.1 Å². The van der Waals surface area contributed by atoms with Crippen LogP contribution in [0.5, 0.6) is 0 Å². The average molecular weight is 301 g/mol. The normalized spacial score (nSPS) is 9.91. The Bertz CT molecular complexity index is 811. The number of ketones is 1. The van der Waals surface area contributed by atoms with E-state index in [9.17, 15) is 4.79 Å². The summed E-state index contributed by atoms with van der Waals surface area (Å²) in [5.41, 5.74) is 3.23. The van der Waals surface area contributed by atoms with Crippen molar-refractivity contribution in [3.8, 4) is 0 Å². The highest BCUT2D eigenvalue weighted by Gasteiger charge is 2.06. The van der Waals surface area contributed by atoms with Crippen LogP contribution in [0.4, 0.5) is 0 Å². The molecule has 3 nitrogen and oxygen atoms in total. The Morgan fingerprint density at radius 3 is 1.78 bits per heavy atom. The molecule has 0 radical (unpaired) electrons. The van der Waals surface area contributed by atoms with E-state index in [2.05, 4.69) is 4.98 Å². The molecule has 0 atom stereocenters. The molecular formula is C20H15NO2. The molecule has 0 amide bonds. The summed E-state index contributed by atoms with van der Waals surface area (Å²) in [5, 5.41) is 0. The molecule has 112 valence electrons. The first-order chi connectivity index (χ1) is 11.3. The van der Waals surface area contributed by atoms with Gasteiger partial charge in [0.15, 0.2) is 17.8 Å². The lowest BCUT2D eigenvalue weighted by Crippen LogP contribution is -1.99. The van der Waals surface area contributed by atoms with Crippen LogP contribution in [0.1, 0.15) is 15.9 Å². The summed E-state index contributed by atoms with van der Waals surface area (Å²) in [7, 11) is 0. The van der Waals surface area contributed by atoms with Gasteiger partial charge in [0.2, 0.25) is 0 Å². The molecular weight excluding hydrogens is 286 g/mol. The molecule has 0 fully saturated rings. The van der Waals surface area contributed by atoms with Gasteiger partial charge in [0, 0.05) is 11.1 Å². The van der Waals surface area contributed by atoms with Crippen molar-refractivity contribution >= 4 is 16.9 Å². The van der Waals surface area contributed by atoms with Crippen LogP contribution in [-0.4, -0.2) is 10.8 Å². The molecule has 0 saturated carbocycles. The predicted octanol–water partition coefficient (Wildman–Crippen LogP) is 4.75. The third-order valence-corrected chi connectivity index (χ3v) is 3.31. The monoisotopic (exact) mass is 301 g/mol. The number of nitrogens with zero attached hydrogens (tertiary/aromatic N) is 1. The molecule has 0 unspecified atom stereocenters. The molecule has 0 spiro atoms. The summed E-state index contributed by atoms with van der Waals surface area (Å²) in [4.78, 5) is 15.8. The highest BCUT2D eigenvalue weighted by atomic mass is 16.3. The van der Waals surface area contributed by atoms with Gasteiger partial charge < -0.3 is 4.42 Å². The molecule has 4 rings (SSSR count). The van der Waals surface area contributed by atoms with Gasteiger partial charge >= 0.3 is 0 Å². The second-order valence-electron chi connectivity index (χ2n) is 4.88. The molecule has 3 aromatic carbocycles. The van der Waals surface area contributed by atoms with E-state index in [1.807, 2.05) is 84.9 Å². The maximum atomic E-state index is 11.8.